The molecule has 4 heterocycles. The summed E-state index contributed by atoms with van der Waals surface area (Å²) >= 11 is 0. The van der Waals surface area contributed by atoms with Gasteiger partial charge in [-0.1, -0.05) is 0 Å². The molecule has 3 aromatic heterocycles. The van der Waals surface area contributed by atoms with Crippen LogP contribution in [-0.4, -0.2) is 32.2 Å². The van der Waals surface area contributed by atoms with Crippen LogP contribution in [0.3, 0.4) is 0 Å². The number of H-pyrrole nitrogens is 1. The third kappa shape index (κ3) is 2.39. The molecule has 0 amide bonds. The molecule has 1 fully saturated rings. The van der Waals surface area contributed by atoms with E-state index >= 15 is 0 Å². The first-order valence-corrected chi connectivity index (χ1v) is 7.73. The van der Waals surface area contributed by atoms with Crippen LogP contribution in [0.15, 0.2) is 46.4 Å². The highest BCUT2D eigenvalue weighted by Crippen LogP contribution is 2.27. The number of rotatable bonds is 2. The molecule has 0 radical (unpaired) electrons. The Kier molecular flexibility index (Phi) is 3.34. The van der Waals surface area contributed by atoms with Crippen LogP contribution in [0, 0.1) is 0 Å². The summed E-state index contributed by atoms with van der Waals surface area (Å²) in [5.74, 6) is 0. The fraction of sp³-hybridized carbons (Fsp3) is 0.312. The monoisotopic (exact) mass is 311 g/mol. The highest BCUT2D eigenvalue weighted by molar-refractivity contribution is 5.85. The number of aromatic amines is 1. The lowest BCUT2D eigenvalue weighted by molar-refractivity contribution is 0.375. The number of aromatic nitrogens is 4. The van der Waals surface area contributed by atoms with E-state index in [1.165, 1.54) is 16.8 Å². The number of fused-ring (bicyclic) bond motifs is 1. The number of hydrogen-bond donors (Lipinski definition) is 2. The number of pyridine rings is 1. The molecule has 0 saturated carbocycles. The molecule has 118 valence electrons. The van der Waals surface area contributed by atoms with E-state index in [0.717, 1.165) is 42.7 Å². The molecule has 1 aliphatic heterocycles. The largest absolute Gasteiger partial charge is 0.332 e. The molecule has 3 aromatic rings. The van der Waals surface area contributed by atoms with Crippen LogP contribution in [0.4, 0.5) is 0 Å². The van der Waals surface area contributed by atoms with E-state index in [4.69, 9.17) is 0 Å². The molecule has 0 spiro atoms. The van der Waals surface area contributed by atoms with E-state index in [1.54, 1.807) is 12.3 Å². The lowest BCUT2D eigenvalue weighted by atomic mass is 10.1. The highest BCUT2D eigenvalue weighted by atomic mass is 16.2. The van der Waals surface area contributed by atoms with Crippen molar-refractivity contribution in [3.05, 3.63) is 57.6 Å². The average molecular weight is 311 g/mol. The van der Waals surface area contributed by atoms with E-state index in [0.29, 0.717) is 6.04 Å². The Labute approximate surface area is 131 Å². The second-order valence-corrected chi connectivity index (χ2v) is 5.75. The Hall–Kier alpha value is -2.67. The molecule has 1 saturated heterocycles. The van der Waals surface area contributed by atoms with Gasteiger partial charge in [-0.05, 0) is 38.1 Å². The van der Waals surface area contributed by atoms with Gasteiger partial charge >= 0.3 is 5.69 Å². The molecule has 23 heavy (non-hydrogen) atoms. The maximum Gasteiger partial charge on any atom is 0.332 e. The predicted molar refractivity (Wildman–Crippen MR) is 87.1 cm³/mol. The van der Waals surface area contributed by atoms with Crippen molar-refractivity contribution in [1.29, 1.82) is 0 Å². The minimum Gasteiger partial charge on any atom is -0.329 e. The van der Waals surface area contributed by atoms with Crippen molar-refractivity contribution in [3.8, 4) is 5.69 Å². The van der Waals surface area contributed by atoms with Crippen LogP contribution in [-0.2, 0) is 0 Å². The molecular formula is C16H17N5O2. The predicted octanol–water partition coefficient (Wildman–Crippen LogP) is 0.800. The minimum absolute atomic E-state index is 0.399. The molecular weight excluding hydrogens is 294 g/mol. The summed E-state index contributed by atoms with van der Waals surface area (Å²) in [7, 11) is 0. The summed E-state index contributed by atoms with van der Waals surface area (Å²) in [6, 6.07) is 5.53. The van der Waals surface area contributed by atoms with Gasteiger partial charge in [-0.25, -0.2) is 9.78 Å². The van der Waals surface area contributed by atoms with E-state index in [2.05, 4.69) is 19.9 Å². The van der Waals surface area contributed by atoms with Crippen molar-refractivity contribution >= 4 is 11.0 Å². The lowest BCUT2D eigenvalue weighted by Gasteiger charge is -2.24. The number of hydrogen-bond acceptors (Lipinski definition) is 4. The molecule has 0 unspecified atom stereocenters. The van der Waals surface area contributed by atoms with Gasteiger partial charge in [0.1, 0.15) is 5.65 Å². The molecule has 7 nitrogen and oxygen atoms in total. The highest BCUT2D eigenvalue weighted by Gasteiger charge is 2.18. The first kappa shape index (κ1) is 14.0. The Morgan fingerprint density at radius 1 is 1.09 bits per heavy atom. The van der Waals surface area contributed by atoms with Gasteiger partial charge in [0.15, 0.2) is 0 Å². The van der Waals surface area contributed by atoms with Crippen LogP contribution in [0.5, 0.6) is 0 Å². The first-order chi connectivity index (χ1) is 11.2. The molecule has 2 N–H and O–H groups in total. The number of nitrogens with one attached hydrogen (secondary N) is 2. The quantitative estimate of drug-likeness (QED) is 0.733. The van der Waals surface area contributed by atoms with Crippen molar-refractivity contribution in [2.75, 3.05) is 13.1 Å². The molecule has 7 heteroatoms. The summed E-state index contributed by atoms with van der Waals surface area (Å²) < 4.78 is 3.63. The Morgan fingerprint density at radius 2 is 1.91 bits per heavy atom. The smallest absolute Gasteiger partial charge is 0.329 e. The van der Waals surface area contributed by atoms with E-state index in [9.17, 15) is 9.59 Å². The van der Waals surface area contributed by atoms with Crippen LogP contribution < -0.4 is 16.6 Å². The summed E-state index contributed by atoms with van der Waals surface area (Å²) in [5, 5.41) is 4.26. The zero-order valence-electron chi connectivity index (χ0n) is 12.5. The Balaban J connectivity index is 1.87. The average Bonchev–Trinajstić information content (AvgIpc) is 3.00. The molecule has 0 bridgehead atoms. The van der Waals surface area contributed by atoms with Crippen LogP contribution in [0.25, 0.3) is 16.7 Å². The molecule has 0 aliphatic carbocycles. The number of nitrogens with zero attached hydrogens (tertiary/aromatic N) is 3. The normalized spacial score (nSPS) is 16.0. The Morgan fingerprint density at radius 3 is 2.70 bits per heavy atom. The minimum atomic E-state index is -0.445. The topological polar surface area (TPSA) is 84.7 Å². The van der Waals surface area contributed by atoms with E-state index in [1.807, 2.05) is 12.3 Å². The fourth-order valence-corrected chi connectivity index (χ4v) is 3.24. The van der Waals surface area contributed by atoms with Gasteiger partial charge in [0, 0.05) is 36.1 Å². The zero-order chi connectivity index (χ0) is 15.8. The van der Waals surface area contributed by atoms with Gasteiger partial charge in [-0.3, -0.25) is 14.3 Å². The lowest BCUT2D eigenvalue weighted by Crippen LogP contribution is -2.29. The van der Waals surface area contributed by atoms with E-state index < -0.39 is 11.2 Å². The van der Waals surface area contributed by atoms with Gasteiger partial charge < -0.3 is 9.88 Å². The molecule has 0 atom stereocenters. The second kappa shape index (κ2) is 5.51. The molecule has 1 aliphatic rings. The zero-order valence-corrected chi connectivity index (χ0v) is 12.5. The molecule has 0 aromatic carbocycles. The summed E-state index contributed by atoms with van der Waals surface area (Å²) in [6.45, 7) is 2.01. The van der Waals surface area contributed by atoms with Crippen molar-refractivity contribution in [2.45, 2.75) is 18.9 Å². The van der Waals surface area contributed by atoms with E-state index in [-0.39, 0.29) is 0 Å². The van der Waals surface area contributed by atoms with Crippen molar-refractivity contribution in [1.82, 2.24) is 24.4 Å². The fourth-order valence-electron chi connectivity index (χ4n) is 3.24. The first-order valence-electron chi connectivity index (χ1n) is 7.73. The standard InChI is InChI=1S/C16H17N5O2/c22-14-5-10-21(16(23)19-14)13-3-8-18-15-12(13)4-9-20(15)11-1-6-17-7-2-11/h3-5,8-11,17H,1-2,6-7H2,(H,19,22,23). The van der Waals surface area contributed by atoms with Gasteiger partial charge in [-0.15, -0.1) is 0 Å². The third-order valence-electron chi connectivity index (χ3n) is 4.38. The Bertz CT molecular complexity index is 962. The third-order valence-corrected chi connectivity index (χ3v) is 4.38. The SMILES string of the molecule is O=c1ccn(-c2ccnc3c2ccn3C2CCNCC2)c(=O)[nH]1. The molecule has 4 rings (SSSR count). The van der Waals surface area contributed by atoms with Crippen molar-refractivity contribution in [3.63, 3.8) is 0 Å². The summed E-state index contributed by atoms with van der Waals surface area (Å²) in [4.78, 5) is 30.1. The maximum absolute atomic E-state index is 12.1. The van der Waals surface area contributed by atoms with Crippen LogP contribution >= 0.6 is 0 Å². The van der Waals surface area contributed by atoms with Crippen LogP contribution in [0.2, 0.25) is 0 Å². The van der Waals surface area contributed by atoms with Crippen molar-refractivity contribution in [2.24, 2.45) is 0 Å². The summed E-state index contributed by atoms with van der Waals surface area (Å²) in [6.07, 6.45) is 7.36. The van der Waals surface area contributed by atoms with Crippen LogP contribution in [0.1, 0.15) is 18.9 Å². The van der Waals surface area contributed by atoms with Crippen molar-refractivity contribution < 1.29 is 0 Å². The number of piperidine rings is 1. The summed E-state index contributed by atoms with van der Waals surface area (Å²) in [5.41, 5.74) is 0.750. The second-order valence-electron chi connectivity index (χ2n) is 5.75. The van der Waals surface area contributed by atoms with Gasteiger partial charge in [0.05, 0.1) is 5.69 Å². The van der Waals surface area contributed by atoms with Gasteiger partial charge in [0.25, 0.3) is 5.56 Å². The maximum atomic E-state index is 12.1. The van der Waals surface area contributed by atoms with Gasteiger partial charge in [-0.2, -0.15) is 0 Å². The van der Waals surface area contributed by atoms with Gasteiger partial charge in [0.2, 0.25) is 0 Å².